The lowest BCUT2D eigenvalue weighted by Gasteiger charge is -2.24. The van der Waals surface area contributed by atoms with Gasteiger partial charge in [-0.2, -0.15) is 0 Å². The molecule has 0 spiro atoms. The van der Waals surface area contributed by atoms with E-state index in [1.165, 1.54) is 39.1 Å². The van der Waals surface area contributed by atoms with Gasteiger partial charge in [0.05, 0.1) is 0 Å². The second kappa shape index (κ2) is 11.2. The first kappa shape index (κ1) is 26.7. The smallest absolute Gasteiger partial charge is 0.115 e. The van der Waals surface area contributed by atoms with Crippen LogP contribution in [0.5, 0.6) is 5.75 Å². The van der Waals surface area contributed by atoms with Crippen LogP contribution in [0.4, 0.5) is 11.4 Å². The van der Waals surface area contributed by atoms with Crippen molar-refractivity contribution >= 4 is 11.4 Å². The monoisotopic (exact) mass is 472 g/mol. The van der Waals surface area contributed by atoms with E-state index in [-0.39, 0.29) is 0 Å². The normalized spacial score (nSPS) is 11.8. The van der Waals surface area contributed by atoms with Crippen LogP contribution in [0.25, 0.3) is 0 Å². The van der Waals surface area contributed by atoms with Gasteiger partial charge in [0.1, 0.15) is 5.75 Å². The molecule has 0 unspecified atom stereocenters. The molecule has 0 radical (unpaired) electrons. The van der Waals surface area contributed by atoms with Crippen LogP contribution >= 0.6 is 0 Å². The Kier molecular flexibility index (Phi) is 8.53. The van der Waals surface area contributed by atoms with E-state index in [1.54, 1.807) is 12.1 Å². The minimum Gasteiger partial charge on any atom is -0.508 e. The van der Waals surface area contributed by atoms with E-state index in [4.69, 9.17) is 5.73 Å². The summed E-state index contributed by atoms with van der Waals surface area (Å²) in [6.07, 6.45) is 0.900. The fourth-order valence-corrected chi connectivity index (χ4v) is 4.83. The third-order valence-corrected chi connectivity index (χ3v) is 6.86. The average Bonchev–Trinajstić information content (AvgIpc) is 2.79. The van der Waals surface area contributed by atoms with Gasteiger partial charge in [0, 0.05) is 17.9 Å². The molecule has 0 atom stereocenters. The van der Waals surface area contributed by atoms with Crippen molar-refractivity contribution in [3.05, 3.63) is 87.5 Å². The lowest BCUT2D eigenvalue weighted by atomic mass is 9.86. The largest absolute Gasteiger partial charge is 0.508 e. The van der Waals surface area contributed by atoms with Gasteiger partial charge < -0.3 is 16.2 Å². The van der Waals surface area contributed by atoms with E-state index in [9.17, 15) is 5.11 Å². The van der Waals surface area contributed by atoms with Crippen molar-refractivity contribution in [2.24, 2.45) is 0 Å². The second-order valence-electron chi connectivity index (χ2n) is 11.2. The molecule has 3 aromatic carbocycles. The molecule has 0 heterocycles. The van der Waals surface area contributed by atoms with E-state index in [1.807, 2.05) is 12.1 Å². The fraction of sp³-hybridized carbons (Fsp3) is 0.438. The highest BCUT2D eigenvalue weighted by Crippen LogP contribution is 2.36. The number of aromatic hydroxyl groups is 1. The van der Waals surface area contributed by atoms with Crippen LogP contribution in [0.3, 0.4) is 0 Å². The van der Waals surface area contributed by atoms with E-state index in [0.717, 1.165) is 24.2 Å². The summed E-state index contributed by atoms with van der Waals surface area (Å²) in [4.78, 5) is 0. The van der Waals surface area contributed by atoms with E-state index >= 15 is 0 Å². The van der Waals surface area contributed by atoms with Gasteiger partial charge in [-0.05, 0) is 81.2 Å². The fourth-order valence-electron chi connectivity index (χ4n) is 4.83. The average molecular weight is 473 g/mol. The molecular weight excluding hydrogens is 428 g/mol. The van der Waals surface area contributed by atoms with Crippen molar-refractivity contribution in [1.29, 1.82) is 0 Å². The third kappa shape index (κ3) is 6.39. The van der Waals surface area contributed by atoms with Crippen LogP contribution in [-0.2, 0) is 13.0 Å². The quantitative estimate of drug-likeness (QED) is 0.273. The van der Waals surface area contributed by atoms with Crippen molar-refractivity contribution in [2.45, 2.75) is 92.0 Å². The zero-order valence-corrected chi connectivity index (χ0v) is 22.9. The second-order valence-corrected chi connectivity index (χ2v) is 11.2. The summed E-state index contributed by atoms with van der Waals surface area (Å²) in [5, 5.41) is 13.3. The van der Waals surface area contributed by atoms with Gasteiger partial charge in [-0.15, -0.1) is 0 Å². The number of nitrogen functional groups attached to an aromatic ring is 1. The topological polar surface area (TPSA) is 58.3 Å². The summed E-state index contributed by atoms with van der Waals surface area (Å²) < 4.78 is 0. The van der Waals surface area contributed by atoms with Gasteiger partial charge in [-0.3, -0.25) is 0 Å². The summed E-state index contributed by atoms with van der Waals surface area (Å²) >= 11 is 0. The minimum atomic E-state index is 0.299. The molecule has 0 aliphatic rings. The Morgan fingerprint density at radius 3 is 1.43 bits per heavy atom. The minimum absolute atomic E-state index is 0.299. The summed E-state index contributed by atoms with van der Waals surface area (Å²) in [6, 6.07) is 16.8. The first-order valence-corrected chi connectivity index (χ1v) is 13.1. The zero-order chi connectivity index (χ0) is 25.9. The lowest BCUT2D eigenvalue weighted by molar-refractivity contribution is 0.475. The van der Waals surface area contributed by atoms with Crippen LogP contribution < -0.4 is 11.1 Å². The third-order valence-electron chi connectivity index (χ3n) is 6.86. The highest BCUT2D eigenvalue weighted by molar-refractivity contribution is 5.63. The SMILES string of the molecule is CC(C)c1cc(Cc2cc(C(C)C)c(NCc3ccc(O)cc3)c(C(C)C)c2)cc(C(C)C)c1N. The molecule has 188 valence electrons. The molecule has 3 heteroatoms. The molecule has 0 saturated carbocycles. The number of benzene rings is 3. The number of rotatable bonds is 9. The Labute approximate surface area is 212 Å². The summed E-state index contributed by atoms with van der Waals surface area (Å²) in [7, 11) is 0. The highest BCUT2D eigenvalue weighted by atomic mass is 16.3. The molecule has 35 heavy (non-hydrogen) atoms. The Bertz CT molecular complexity index is 1080. The van der Waals surface area contributed by atoms with E-state index < -0.39 is 0 Å². The molecule has 0 aliphatic heterocycles. The molecule has 0 bridgehead atoms. The maximum absolute atomic E-state index is 9.61. The Morgan fingerprint density at radius 2 is 1.03 bits per heavy atom. The molecular formula is C32H44N2O. The van der Waals surface area contributed by atoms with Crippen molar-refractivity contribution in [3.8, 4) is 5.75 Å². The van der Waals surface area contributed by atoms with E-state index in [2.05, 4.69) is 85.0 Å². The molecule has 4 N–H and O–H groups in total. The molecule has 0 saturated heterocycles. The molecule has 0 amide bonds. The summed E-state index contributed by atoms with van der Waals surface area (Å²) in [5.74, 6) is 1.90. The number of hydrogen-bond acceptors (Lipinski definition) is 3. The molecule has 3 nitrogen and oxygen atoms in total. The zero-order valence-electron chi connectivity index (χ0n) is 22.9. The first-order chi connectivity index (χ1) is 16.5. The number of nitrogens with one attached hydrogen (secondary N) is 1. The lowest BCUT2D eigenvalue weighted by Crippen LogP contribution is -2.10. The Morgan fingerprint density at radius 1 is 0.629 bits per heavy atom. The predicted octanol–water partition coefficient (Wildman–Crippen LogP) is 8.67. The van der Waals surface area contributed by atoms with Crippen LogP contribution in [-0.4, -0.2) is 5.11 Å². The number of phenolic OH excluding ortho intramolecular Hbond substituents is 1. The number of hydrogen-bond donors (Lipinski definition) is 3. The van der Waals surface area contributed by atoms with Crippen molar-refractivity contribution in [3.63, 3.8) is 0 Å². The number of phenols is 1. The Hall–Kier alpha value is -2.94. The van der Waals surface area contributed by atoms with Gasteiger partial charge in [0.25, 0.3) is 0 Å². The van der Waals surface area contributed by atoms with Crippen LogP contribution in [0, 0.1) is 0 Å². The van der Waals surface area contributed by atoms with Gasteiger partial charge in [0.2, 0.25) is 0 Å². The summed E-state index contributed by atoms with van der Waals surface area (Å²) in [6.45, 7) is 18.7. The first-order valence-electron chi connectivity index (χ1n) is 13.1. The van der Waals surface area contributed by atoms with Crippen molar-refractivity contribution < 1.29 is 5.11 Å². The Balaban J connectivity index is 2.02. The predicted molar refractivity (Wildman–Crippen MR) is 152 cm³/mol. The maximum atomic E-state index is 9.61. The van der Waals surface area contributed by atoms with Gasteiger partial charge >= 0.3 is 0 Å². The van der Waals surface area contributed by atoms with E-state index in [0.29, 0.717) is 29.4 Å². The number of nitrogens with two attached hydrogens (primary N) is 1. The van der Waals surface area contributed by atoms with Crippen LogP contribution in [0.1, 0.15) is 118 Å². The molecule has 0 aromatic heterocycles. The van der Waals surface area contributed by atoms with Crippen LogP contribution in [0.2, 0.25) is 0 Å². The van der Waals surface area contributed by atoms with Crippen molar-refractivity contribution in [2.75, 3.05) is 11.1 Å². The van der Waals surface area contributed by atoms with Crippen LogP contribution in [0.15, 0.2) is 48.5 Å². The van der Waals surface area contributed by atoms with Gasteiger partial charge in [0.15, 0.2) is 0 Å². The van der Waals surface area contributed by atoms with Crippen molar-refractivity contribution in [1.82, 2.24) is 0 Å². The summed E-state index contributed by atoms with van der Waals surface area (Å²) in [5.41, 5.74) is 17.8. The molecule has 3 aromatic rings. The maximum Gasteiger partial charge on any atom is 0.115 e. The number of anilines is 2. The standard InChI is InChI=1S/C32H44N2O/c1-19(2)27-14-24(15-28(20(3)4)31(27)33)13-25-16-29(21(5)6)32(30(17-25)22(7)8)34-18-23-9-11-26(35)12-10-23/h9-12,14-17,19-22,34-35H,13,18,33H2,1-8H3. The molecule has 0 fully saturated rings. The molecule has 0 aliphatic carbocycles. The highest BCUT2D eigenvalue weighted by Gasteiger charge is 2.18. The van der Waals surface area contributed by atoms with Gasteiger partial charge in [-0.1, -0.05) is 91.8 Å². The molecule has 3 rings (SSSR count). The van der Waals surface area contributed by atoms with Gasteiger partial charge in [-0.25, -0.2) is 0 Å².